The van der Waals surface area contributed by atoms with Crippen molar-refractivity contribution in [2.75, 3.05) is 13.2 Å². The quantitative estimate of drug-likeness (QED) is 0.160. The fraction of sp³-hybridized carbons (Fsp3) is 0.750. The molecule has 0 fully saturated rings. The minimum absolute atomic E-state index is 0.0364. The van der Waals surface area contributed by atoms with Gasteiger partial charge < -0.3 is 42.1 Å². The number of nitrogens with two attached hydrogens (primary N) is 1. The van der Waals surface area contributed by atoms with Crippen LogP contribution < -0.4 is 21.7 Å². The lowest BCUT2D eigenvalue weighted by Crippen LogP contribution is -2.60. The van der Waals surface area contributed by atoms with Gasteiger partial charge in [0, 0.05) is 0 Å². The van der Waals surface area contributed by atoms with Crippen molar-refractivity contribution in [2.24, 2.45) is 11.7 Å². The number of nitrogens with one attached hydrogen (secondary N) is 3. The van der Waals surface area contributed by atoms with Gasteiger partial charge in [-0.3, -0.25) is 14.4 Å². The van der Waals surface area contributed by atoms with Gasteiger partial charge in [-0.25, -0.2) is 4.79 Å². The molecule has 0 bridgehead atoms. The number of hydrogen-bond donors (Lipinski definition) is 8. The summed E-state index contributed by atoms with van der Waals surface area (Å²) < 4.78 is 0. The second-order valence-corrected chi connectivity index (χ2v) is 6.79. The van der Waals surface area contributed by atoms with Gasteiger partial charge in [0.05, 0.1) is 19.3 Å². The lowest BCUT2D eigenvalue weighted by molar-refractivity contribution is -0.143. The second kappa shape index (κ2) is 12.2. The molecule has 0 aliphatic carbocycles. The number of carboxylic acid groups (broad SMARTS) is 1. The molecule has 0 unspecified atom stereocenters. The summed E-state index contributed by atoms with van der Waals surface area (Å²) in [6, 6.07) is -5.56. The molecule has 12 nitrogen and oxygen atoms in total. The molecule has 0 radical (unpaired) electrons. The molecule has 162 valence electrons. The normalized spacial score (nSPS) is 16.4. The summed E-state index contributed by atoms with van der Waals surface area (Å²) in [6.07, 6.45) is -1.26. The highest BCUT2D eigenvalue weighted by Gasteiger charge is 2.32. The number of aliphatic carboxylic acids is 1. The summed E-state index contributed by atoms with van der Waals surface area (Å²) in [5, 5.41) is 43.6. The first kappa shape index (κ1) is 25.7. The standard InChI is InChI=1S/C16H30N4O8/c1-7(2)4-10(16(27)28)18-15(26)12(8(3)23)20-14(25)11(6-22)19-13(24)9(17)5-21/h7-12,21-23H,4-6,17H2,1-3H3,(H,18,26)(H,19,24)(H,20,25)(H,27,28)/t8-,9+,10+,11+,12+/m1/s1. The Bertz CT molecular complexity index is 555. The molecule has 0 saturated carbocycles. The fourth-order valence-electron chi connectivity index (χ4n) is 2.17. The smallest absolute Gasteiger partial charge is 0.326 e. The maximum atomic E-state index is 12.4. The molecular formula is C16H30N4O8. The highest BCUT2D eigenvalue weighted by atomic mass is 16.4. The molecule has 12 heteroatoms. The number of carbonyl (C=O) groups is 4. The molecule has 0 aromatic rings. The zero-order valence-electron chi connectivity index (χ0n) is 16.1. The summed E-state index contributed by atoms with van der Waals surface area (Å²) >= 11 is 0. The number of aliphatic hydroxyl groups is 3. The Labute approximate surface area is 162 Å². The van der Waals surface area contributed by atoms with E-state index in [2.05, 4.69) is 16.0 Å². The molecule has 28 heavy (non-hydrogen) atoms. The third-order valence-electron chi connectivity index (χ3n) is 3.73. The first-order chi connectivity index (χ1) is 12.9. The number of rotatable bonds is 12. The highest BCUT2D eigenvalue weighted by Crippen LogP contribution is 2.06. The van der Waals surface area contributed by atoms with Crippen molar-refractivity contribution < 1.29 is 39.6 Å². The predicted octanol–water partition coefficient (Wildman–Crippen LogP) is -3.74. The SMILES string of the molecule is CC(C)C[C@H](NC(=O)[C@@H](NC(=O)[C@H](CO)NC(=O)[C@@H](N)CO)[C@@H](C)O)C(=O)O. The van der Waals surface area contributed by atoms with Crippen LogP contribution in [-0.4, -0.2) is 87.6 Å². The molecule has 0 aromatic carbocycles. The number of hydrogen-bond acceptors (Lipinski definition) is 8. The van der Waals surface area contributed by atoms with Crippen molar-refractivity contribution in [3.05, 3.63) is 0 Å². The van der Waals surface area contributed by atoms with E-state index in [-0.39, 0.29) is 12.3 Å². The molecule has 0 spiro atoms. The van der Waals surface area contributed by atoms with Crippen LogP contribution in [0, 0.1) is 5.92 Å². The van der Waals surface area contributed by atoms with Gasteiger partial charge in [-0.1, -0.05) is 13.8 Å². The third-order valence-corrected chi connectivity index (χ3v) is 3.73. The topological polar surface area (TPSA) is 211 Å². The Morgan fingerprint density at radius 1 is 0.857 bits per heavy atom. The summed E-state index contributed by atoms with van der Waals surface area (Å²) in [7, 11) is 0. The van der Waals surface area contributed by atoms with Crippen LogP contribution in [0.1, 0.15) is 27.2 Å². The second-order valence-electron chi connectivity index (χ2n) is 6.79. The molecule has 0 rings (SSSR count). The number of carbonyl (C=O) groups excluding carboxylic acids is 3. The average Bonchev–Trinajstić information content (AvgIpc) is 2.61. The van der Waals surface area contributed by atoms with Crippen molar-refractivity contribution >= 4 is 23.7 Å². The van der Waals surface area contributed by atoms with Crippen LogP contribution in [0.25, 0.3) is 0 Å². The van der Waals surface area contributed by atoms with Gasteiger partial charge in [0.2, 0.25) is 17.7 Å². The van der Waals surface area contributed by atoms with Crippen molar-refractivity contribution in [1.29, 1.82) is 0 Å². The largest absolute Gasteiger partial charge is 0.480 e. The number of carboxylic acids is 1. The lowest BCUT2D eigenvalue weighted by atomic mass is 10.0. The minimum Gasteiger partial charge on any atom is -0.480 e. The molecule has 0 saturated heterocycles. The number of aliphatic hydroxyl groups excluding tert-OH is 3. The van der Waals surface area contributed by atoms with Crippen LogP contribution in [0.2, 0.25) is 0 Å². The van der Waals surface area contributed by atoms with Gasteiger partial charge in [-0.15, -0.1) is 0 Å². The van der Waals surface area contributed by atoms with Crippen LogP contribution in [-0.2, 0) is 19.2 Å². The van der Waals surface area contributed by atoms with E-state index in [1.807, 2.05) is 0 Å². The molecular weight excluding hydrogens is 376 g/mol. The molecule has 3 amide bonds. The summed E-state index contributed by atoms with van der Waals surface area (Å²) in [5.41, 5.74) is 5.31. The van der Waals surface area contributed by atoms with E-state index >= 15 is 0 Å². The lowest BCUT2D eigenvalue weighted by Gasteiger charge is -2.26. The van der Waals surface area contributed by atoms with Gasteiger partial charge in [-0.2, -0.15) is 0 Å². The Hall–Kier alpha value is -2.28. The van der Waals surface area contributed by atoms with E-state index in [0.717, 1.165) is 0 Å². The van der Waals surface area contributed by atoms with E-state index in [4.69, 9.17) is 10.8 Å². The molecule has 0 aromatic heterocycles. The Kier molecular flexibility index (Phi) is 11.2. The molecule has 0 aliphatic heterocycles. The Morgan fingerprint density at radius 3 is 1.79 bits per heavy atom. The van der Waals surface area contributed by atoms with Crippen molar-refractivity contribution in [1.82, 2.24) is 16.0 Å². The molecule has 5 atom stereocenters. The van der Waals surface area contributed by atoms with E-state index in [0.29, 0.717) is 0 Å². The first-order valence-electron chi connectivity index (χ1n) is 8.73. The van der Waals surface area contributed by atoms with Crippen LogP contribution in [0.3, 0.4) is 0 Å². The summed E-state index contributed by atoms with van der Waals surface area (Å²) in [5.74, 6) is -4.15. The maximum Gasteiger partial charge on any atom is 0.326 e. The van der Waals surface area contributed by atoms with Crippen LogP contribution in [0.4, 0.5) is 0 Å². The molecule has 9 N–H and O–H groups in total. The monoisotopic (exact) mass is 406 g/mol. The molecule has 0 heterocycles. The first-order valence-corrected chi connectivity index (χ1v) is 8.73. The van der Waals surface area contributed by atoms with E-state index in [1.54, 1.807) is 13.8 Å². The highest BCUT2D eigenvalue weighted by molar-refractivity contribution is 5.94. The van der Waals surface area contributed by atoms with E-state index in [1.165, 1.54) is 6.92 Å². The fourth-order valence-corrected chi connectivity index (χ4v) is 2.17. The van der Waals surface area contributed by atoms with Crippen LogP contribution in [0.5, 0.6) is 0 Å². The van der Waals surface area contributed by atoms with Crippen molar-refractivity contribution in [2.45, 2.75) is 57.5 Å². The zero-order chi connectivity index (χ0) is 22.0. The van der Waals surface area contributed by atoms with Gasteiger partial charge in [-0.05, 0) is 19.3 Å². The van der Waals surface area contributed by atoms with Crippen molar-refractivity contribution in [3.63, 3.8) is 0 Å². The Morgan fingerprint density at radius 2 is 1.39 bits per heavy atom. The number of amides is 3. The average molecular weight is 406 g/mol. The van der Waals surface area contributed by atoms with E-state index < -0.39 is 67.2 Å². The van der Waals surface area contributed by atoms with Crippen LogP contribution >= 0.6 is 0 Å². The van der Waals surface area contributed by atoms with Gasteiger partial charge in [0.25, 0.3) is 0 Å². The van der Waals surface area contributed by atoms with Crippen LogP contribution in [0.15, 0.2) is 0 Å². The van der Waals surface area contributed by atoms with Gasteiger partial charge in [0.1, 0.15) is 24.2 Å². The minimum atomic E-state index is -1.53. The van der Waals surface area contributed by atoms with Gasteiger partial charge >= 0.3 is 5.97 Å². The van der Waals surface area contributed by atoms with Gasteiger partial charge in [0.15, 0.2) is 0 Å². The van der Waals surface area contributed by atoms with E-state index in [9.17, 15) is 34.5 Å². The molecule has 0 aliphatic rings. The Balaban J connectivity index is 5.16. The summed E-state index contributed by atoms with van der Waals surface area (Å²) in [4.78, 5) is 47.5. The third kappa shape index (κ3) is 8.61. The van der Waals surface area contributed by atoms with Crippen molar-refractivity contribution in [3.8, 4) is 0 Å². The predicted molar refractivity (Wildman–Crippen MR) is 96.7 cm³/mol. The zero-order valence-corrected chi connectivity index (χ0v) is 16.1. The summed E-state index contributed by atoms with van der Waals surface area (Å²) in [6.45, 7) is 3.21. The maximum absolute atomic E-state index is 12.4.